The molecule has 9 atom stereocenters. The summed E-state index contributed by atoms with van der Waals surface area (Å²) in [5.74, 6) is -2.16. The van der Waals surface area contributed by atoms with Crippen LogP contribution in [0.3, 0.4) is 0 Å². The van der Waals surface area contributed by atoms with Crippen LogP contribution in [0.5, 0.6) is 0 Å². The highest BCUT2D eigenvalue weighted by Gasteiger charge is 2.66. The molecule has 9 heteroatoms. The van der Waals surface area contributed by atoms with Crippen LogP contribution in [0.15, 0.2) is 11.6 Å². The number of carbonyl (C=O) groups excluding carboxylic acids is 3. The van der Waals surface area contributed by atoms with E-state index in [-0.39, 0.29) is 53.5 Å². The normalized spacial score (nSPS) is 35.8. The summed E-state index contributed by atoms with van der Waals surface area (Å²) in [6.07, 6.45) is 13.8. The second kappa shape index (κ2) is 15.1. The molecule has 44 heavy (non-hydrogen) atoms. The van der Waals surface area contributed by atoms with E-state index in [4.69, 9.17) is 0 Å². The molecule has 0 saturated heterocycles. The van der Waals surface area contributed by atoms with Gasteiger partial charge in [0.25, 0.3) is 0 Å². The molecule has 0 radical (unpaired) electrons. The summed E-state index contributed by atoms with van der Waals surface area (Å²) in [5, 5.41) is 21.4. The molecule has 0 aromatic rings. The van der Waals surface area contributed by atoms with Crippen LogP contribution in [0.2, 0.25) is 0 Å². The van der Waals surface area contributed by atoms with Gasteiger partial charge >= 0.3 is 0 Å². The van der Waals surface area contributed by atoms with E-state index in [0.29, 0.717) is 37.2 Å². The molecule has 250 valence electrons. The van der Waals surface area contributed by atoms with Crippen LogP contribution in [0, 0.1) is 40.4 Å². The van der Waals surface area contributed by atoms with Crippen LogP contribution >= 0.6 is 0 Å². The lowest BCUT2D eigenvalue weighted by molar-refractivity contribution is -0.165. The van der Waals surface area contributed by atoms with Gasteiger partial charge < -0.3 is 15.0 Å². The maximum absolute atomic E-state index is 12.9. The second-order valence-corrected chi connectivity index (χ2v) is 16.5. The van der Waals surface area contributed by atoms with Gasteiger partial charge in [-0.3, -0.25) is 13.8 Å². The topological polar surface area (TPSA) is 109 Å². The summed E-state index contributed by atoms with van der Waals surface area (Å²) < 4.78 is 37.9. The van der Waals surface area contributed by atoms with Gasteiger partial charge in [0.15, 0.2) is 11.6 Å². The van der Waals surface area contributed by atoms with Gasteiger partial charge in [-0.15, -0.1) is 0 Å². The Kier molecular flexibility index (Phi) is 12.2. The largest absolute Gasteiger partial charge is 0.393 e. The zero-order valence-electron chi connectivity index (χ0n) is 26.7. The molecule has 0 aromatic carbocycles. The van der Waals surface area contributed by atoms with E-state index in [1.165, 1.54) is 0 Å². The molecule has 4 rings (SSSR count). The Morgan fingerprint density at radius 1 is 1.09 bits per heavy atom. The van der Waals surface area contributed by atoms with Crippen molar-refractivity contribution in [2.45, 2.75) is 129 Å². The monoisotopic (exact) mass is 640 g/mol. The molecule has 0 heterocycles. The van der Waals surface area contributed by atoms with Crippen LogP contribution < -0.4 is 0 Å². The number of halogens is 2. The van der Waals surface area contributed by atoms with Gasteiger partial charge in [-0.1, -0.05) is 51.0 Å². The molecule has 3 saturated carbocycles. The molecule has 4 aliphatic rings. The maximum atomic E-state index is 12.9. The molecule has 0 amide bonds. The van der Waals surface area contributed by atoms with Crippen molar-refractivity contribution in [2.24, 2.45) is 40.4 Å². The number of alkyl halides is 2. The Labute approximate surface area is 264 Å². The molecule has 0 bridgehead atoms. The number of aliphatic hydroxyl groups excluding tert-OH is 2. The van der Waals surface area contributed by atoms with E-state index >= 15 is 0 Å². The summed E-state index contributed by atoms with van der Waals surface area (Å²) in [6.45, 7) is 2.52. The van der Waals surface area contributed by atoms with Crippen molar-refractivity contribution >= 4 is 28.7 Å². The van der Waals surface area contributed by atoms with Gasteiger partial charge in [-0.25, -0.2) is 8.78 Å². The van der Waals surface area contributed by atoms with Crippen molar-refractivity contribution in [1.82, 2.24) is 0 Å². The van der Waals surface area contributed by atoms with Gasteiger partial charge in [0, 0.05) is 46.5 Å². The highest BCUT2D eigenvalue weighted by molar-refractivity contribution is 7.84. The fourth-order valence-corrected chi connectivity index (χ4v) is 11.0. The molecule has 0 aromatic heterocycles. The third-order valence-electron chi connectivity index (χ3n) is 11.9. The fraction of sp³-hybridized carbons (Fsp3) is 0.857. The van der Waals surface area contributed by atoms with E-state index in [0.717, 1.165) is 83.0 Å². The number of fused-ring (bicyclic) bond motifs is 5. The number of hydrogen-bond acceptors (Lipinski definition) is 6. The lowest BCUT2D eigenvalue weighted by atomic mass is 9.43. The number of Topliss-reactive ketones (excluding diaryl/α,β-unsaturated/α-hetero) is 1. The number of aliphatic hydroxyl groups is 2. The minimum atomic E-state index is -2.69. The number of hydrogen-bond donors (Lipinski definition) is 2. The molecule has 2 N–H and O–H groups in total. The highest BCUT2D eigenvalue weighted by atomic mass is 32.2. The molecular weight excluding hydrogens is 586 g/mol. The Hall–Kier alpha value is -1.32. The quantitative estimate of drug-likeness (QED) is 0.141. The minimum Gasteiger partial charge on any atom is -0.393 e. The van der Waals surface area contributed by atoms with E-state index in [2.05, 4.69) is 6.92 Å². The summed E-state index contributed by atoms with van der Waals surface area (Å²) in [4.78, 5) is 38.1. The van der Waals surface area contributed by atoms with Gasteiger partial charge in [-0.2, -0.15) is 0 Å². The van der Waals surface area contributed by atoms with Gasteiger partial charge in [-0.05, 0) is 93.5 Å². The molecule has 1 unspecified atom stereocenters. The number of unbranched alkanes of at least 4 members (excludes halogenated alkanes) is 6. The number of aldehydes is 1. The van der Waals surface area contributed by atoms with Crippen molar-refractivity contribution in [3.05, 3.63) is 11.6 Å². The first-order chi connectivity index (χ1) is 20.9. The predicted octanol–water partition coefficient (Wildman–Crippen LogP) is 6.38. The summed E-state index contributed by atoms with van der Waals surface area (Å²) in [7, 11) is -1.02. The zero-order valence-corrected chi connectivity index (χ0v) is 27.6. The van der Waals surface area contributed by atoms with Crippen LogP contribution in [0.1, 0.15) is 117 Å². The van der Waals surface area contributed by atoms with E-state index < -0.39 is 40.8 Å². The molecule has 0 spiro atoms. The Morgan fingerprint density at radius 2 is 1.75 bits per heavy atom. The third-order valence-corrected chi connectivity index (χ3v) is 13.4. The number of rotatable bonds is 17. The molecule has 0 aliphatic heterocycles. The molecule has 6 nitrogen and oxygen atoms in total. The summed E-state index contributed by atoms with van der Waals surface area (Å²) in [5.41, 5.74) is -0.0572. The maximum Gasteiger partial charge on any atom is 0.245 e. The van der Waals surface area contributed by atoms with Crippen LogP contribution in [-0.2, 0) is 25.2 Å². The first-order valence-electron chi connectivity index (χ1n) is 17.1. The fourth-order valence-electron chi connectivity index (χ4n) is 9.80. The molecule has 4 aliphatic carbocycles. The van der Waals surface area contributed by atoms with Crippen molar-refractivity contribution in [3.63, 3.8) is 0 Å². The Morgan fingerprint density at radius 3 is 2.41 bits per heavy atom. The number of carbonyl (C=O) groups is 3. The average Bonchev–Trinajstić information content (AvgIpc) is 3.35. The number of allylic oxidation sites excluding steroid dienone is 1. The van der Waals surface area contributed by atoms with Crippen molar-refractivity contribution < 1.29 is 37.6 Å². The zero-order chi connectivity index (χ0) is 32.1. The predicted molar refractivity (Wildman–Crippen MR) is 168 cm³/mol. The lowest BCUT2D eigenvalue weighted by Crippen LogP contribution is -2.60. The lowest BCUT2D eigenvalue weighted by Gasteiger charge is -2.61. The van der Waals surface area contributed by atoms with Gasteiger partial charge in [0.1, 0.15) is 12.9 Å². The average molecular weight is 641 g/mol. The van der Waals surface area contributed by atoms with Crippen molar-refractivity contribution in [1.29, 1.82) is 0 Å². The Bertz CT molecular complexity index is 1090. The van der Waals surface area contributed by atoms with Crippen LogP contribution in [0.25, 0.3) is 0 Å². The first kappa shape index (κ1) is 35.5. The van der Waals surface area contributed by atoms with Crippen molar-refractivity contribution in [3.8, 4) is 0 Å². The third kappa shape index (κ3) is 7.79. The molecule has 3 fully saturated rings. The molecular formula is C35H54F2O6S. The van der Waals surface area contributed by atoms with E-state index in [1.54, 1.807) is 0 Å². The van der Waals surface area contributed by atoms with Crippen LogP contribution in [-0.4, -0.2) is 62.4 Å². The Balaban J connectivity index is 1.32. The van der Waals surface area contributed by atoms with E-state index in [1.807, 2.05) is 6.08 Å². The summed E-state index contributed by atoms with van der Waals surface area (Å²) in [6, 6.07) is 0. The second-order valence-electron chi connectivity index (χ2n) is 14.8. The standard InChI is InChI=1S/C35H54F2O6S/c1-33-16-14-26(40)20-25(33)19-24(11-8-6-4-3-5-7-9-17-44(43)18-10-15-34(2,36)37)31-28-13-12-27(30(42)22-38)35(28,23-39)21-29(41)32(31)33/h20,23-24,27-29,31-32,38,41H,3-19,21-22H2,1-2H3/t24-,27-,28+,29+,31+,32+,33+,35+,44?/m1/s1. The van der Waals surface area contributed by atoms with Crippen molar-refractivity contribution in [2.75, 3.05) is 18.1 Å². The summed E-state index contributed by atoms with van der Waals surface area (Å²) >= 11 is 0. The first-order valence-corrected chi connectivity index (χ1v) is 18.6. The SMILES string of the molecule is CC(F)(F)CCCS(=O)CCCCCCCCC[C@@H]1CC2=CC(=O)CC[C@]2(C)[C@@H]2[C@@H]1[C@@H]1CC[C@H](C(=O)CO)[C@@]1(C=O)C[C@@H]2O. The minimum absolute atomic E-state index is 0.00100. The smallest absolute Gasteiger partial charge is 0.245 e. The van der Waals surface area contributed by atoms with Gasteiger partial charge in [0.05, 0.1) is 6.10 Å². The number of ketones is 2. The van der Waals surface area contributed by atoms with Gasteiger partial charge in [0.2, 0.25) is 5.92 Å². The highest BCUT2D eigenvalue weighted by Crippen LogP contribution is 2.68. The van der Waals surface area contributed by atoms with E-state index in [9.17, 15) is 37.6 Å². The van der Waals surface area contributed by atoms with Crippen LogP contribution in [0.4, 0.5) is 8.78 Å².